The molecular weight excluding hydrogens is 384 g/mol. The molecule has 2 saturated heterocycles. The SMILES string of the molecule is Cc1cc(Cl)ccc1OCC(=O)N1CC[C@H]2[C@@H]1CC(=O)N2Cc1nonc1C. The van der Waals surface area contributed by atoms with Crippen molar-refractivity contribution in [1.82, 2.24) is 20.1 Å². The number of benzene rings is 1. The van der Waals surface area contributed by atoms with E-state index in [2.05, 4.69) is 10.3 Å². The van der Waals surface area contributed by atoms with Gasteiger partial charge in [0.05, 0.1) is 18.6 Å². The van der Waals surface area contributed by atoms with Gasteiger partial charge in [-0.3, -0.25) is 9.59 Å². The highest BCUT2D eigenvalue weighted by atomic mass is 35.5. The van der Waals surface area contributed by atoms with E-state index in [0.717, 1.165) is 12.0 Å². The highest BCUT2D eigenvalue weighted by molar-refractivity contribution is 6.30. The van der Waals surface area contributed by atoms with Gasteiger partial charge in [0, 0.05) is 18.0 Å². The van der Waals surface area contributed by atoms with Crippen molar-refractivity contribution >= 4 is 23.4 Å². The van der Waals surface area contributed by atoms with E-state index >= 15 is 0 Å². The molecule has 0 unspecified atom stereocenters. The lowest BCUT2D eigenvalue weighted by molar-refractivity contribution is -0.134. The first-order valence-electron chi connectivity index (χ1n) is 9.20. The summed E-state index contributed by atoms with van der Waals surface area (Å²) in [6, 6.07) is 5.14. The van der Waals surface area contributed by atoms with Gasteiger partial charge in [-0.15, -0.1) is 0 Å². The predicted molar refractivity (Wildman–Crippen MR) is 99.8 cm³/mol. The highest BCUT2D eigenvalue weighted by Crippen LogP contribution is 2.34. The molecule has 0 aliphatic carbocycles. The fourth-order valence-electron chi connectivity index (χ4n) is 3.99. The summed E-state index contributed by atoms with van der Waals surface area (Å²) in [7, 11) is 0. The van der Waals surface area contributed by atoms with Crippen LogP contribution in [0.5, 0.6) is 5.75 Å². The lowest BCUT2D eigenvalue weighted by Crippen LogP contribution is -2.41. The number of carbonyl (C=O) groups is 2. The Labute approximate surface area is 167 Å². The van der Waals surface area contributed by atoms with Crippen LogP contribution in [0, 0.1) is 13.8 Å². The van der Waals surface area contributed by atoms with Crippen LogP contribution >= 0.6 is 11.6 Å². The molecule has 1 aromatic carbocycles. The molecule has 9 heteroatoms. The average molecular weight is 405 g/mol. The zero-order valence-electron chi connectivity index (χ0n) is 15.7. The Balaban J connectivity index is 1.40. The number of amides is 2. The molecule has 148 valence electrons. The van der Waals surface area contributed by atoms with Crippen LogP contribution in [0.25, 0.3) is 0 Å². The number of hydrogen-bond acceptors (Lipinski definition) is 6. The largest absolute Gasteiger partial charge is 0.483 e. The van der Waals surface area contributed by atoms with E-state index in [9.17, 15) is 9.59 Å². The molecule has 4 rings (SSSR count). The number of rotatable bonds is 5. The van der Waals surface area contributed by atoms with Crippen LogP contribution in [0.2, 0.25) is 5.02 Å². The van der Waals surface area contributed by atoms with Crippen LogP contribution in [-0.2, 0) is 16.1 Å². The molecule has 2 aliphatic heterocycles. The molecule has 0 saturated carbocycles. The Morgan fingerprint density at radius 2 is 2.14 bits per heavy atom. The van der Waals surface area contributed by atoms with Crippen molar-refractivity contribution < 1.29 is 19.0 Å². The quantitative estimate of drug-likeness (QED) is 0.758. The molecule has 1 aromatic heterocycles. The van der Waals surface area contributed by atoms with Crippen molar-refractivity contribution in [3.8, 4) is 5.75 Å². The molecule has 2 fully saturated rings. The van der Waals surface area contributed by atoms with E-state index in [4.69, 9.17) is 21.0 Å². The van der Waals surface area contributed by atoms with Gasteiger partial charge < -0.3 is 14.5 Å². The summed E-state index contributed by atoms with van der Waals surface area (Å²) in [5.41, 5.74) is 2.20. The topological polar surface area (TPSA) is 88.8 Å². The molecule has 0 bridgehead atoms. The molecule has 2 atom stereocenters. The number of ether oxygens (including phenoxy) is 1. The third-order valence-corrected chi connectivity index (χ3v) is 5.72. The van der Waals surface area contributed by atoms with E-state index in [1.165, 1.54) is 0 Å². The van der Waals surface area contributed by atoms with Gasteiger partial charge in [-0.2, -0.15) is 0 Å². The minimum absolute atomic E-state index is 0.00943. The molecule has 2 amide bonds. The predicted octanol–water partition coefficient (Wildman–Crippen LogP) is 2.12. The van der Waals surface area contributed by atoms with Crippen molar-refractivity contribution in [3.63, 3.8) is 0 Å². The van der Waals surface area contributed by atoms with Crippen molar-refractivity contribution in [3.05, 3.63) is 40.2 Å². The summed E-state index contributed by atoms with van der Waals surface area (Å²) in [4.78, 5) is 28.8. The number of halogens is 1. The van der Waals surface area contributed by atoms with Crippen LogP contribution in [0.3, 0.4) is 0 Å². The van der Waals surface area contributed by atoms with Gasteiger partial charge in [0.25, 0.3) is 5.91 Å². The minimum atomic E-state index is -0.130. The zero-order valence-corrected chi connectivity index (χ0v) is 16.5. The highest BCUT2D eigenvalue weighted by Gasteiger charge is 2.48. The maximum atomic E-state index is 12.7. The van der Waals surface area contributed by atoms with E-state index in [-0.39, 0.29) is 30.5 Å². The summed E-state index contributed by atoms with van der Waals surface area (Å²) < 4.78 is 10.4. The Kier molecular flexibility index (Phi) is 4.97. The Morgan fingerprint density at radius 3 is 2.86 bits per heavy atom. The third-order valence-electron chi connectivity index (χ3n) is 5.49. The minimum Gasteiger partial charge on any atom is -0.483 e. The number of likely N-dealkylation sites (tertiary alicyclic amines) is 2. The first kappa shape index (κ1) is 18.7. The average Bonchev–Trinajstić information content (AvgIpc) is 3.32. The zero-order chi connectivity index (χ0) is 19.8. The molecule has 2 aromatic rings. The first-order valence-corrected chi connectivity index (χ1v) is 9.57. The van der Waals surface area contributed by atoms with Gasteiger partial charge >= 0.3 is 0 Å². The van der Waals surface area contributed by atoms with Crippen LogP contribution in [0.15, 0.2) is 22.8 Å². The van der Waals surface area contributed by atoms with Crippen LogP contribution in [0.1, 0.15) is 29.8 Å². The summed E-state index contributed by atoms with van der Waals surface area (Å²) in [6.45, 7) is 4.58. The van der Waals surface area contributed by atoms with Crippen LogP contribution in [0.4, 0.5) is 0 Å². The summed E-state index contributed by atoms with van der Waals surface area (Å²) in [6.07, 6.45) is 1.06. The lowest BCUT2D eigenvalue weighted by atomic mass is 10.1. The van der Waals surface area contributed by atoms with Gasteiger partial charge in [-0.25, -0.2) is 4.63 Å². The van der Waals surface area contributed by atoms with E-state index in [1.54, 1.807) is 34.9 Å². The first-order chi connectivity index (χ1) is 13.4. The molecular formula is C19H21ClN4O4. The maximum absolute atomic E-state index is 12.7. The second kappa shape index (κ2) is 7.43. The van der Waals surface area contributed by atoms with Crippen LogP contribution < -0.4 is 4.74 Å². The number of nitrogens with zero attached hydrogens (tertiary/aromatic N) is 4. The van der Waals surface area contributed by atoms with Gasteiger partial charge in [0.15, 0.2) is 6.61 Å². The fraction of sp³-hybridized carbons (Fsp3) is 0.474. The number of aryl methyl sites for hydroxylation is 2. The van der Waals surface area contributed by atoms with Crippen molar-refractivity contribution in [1.29, 1.82) is 0 Å². The molecule has 8 nitrogen and oxygen atoms in total. The van der Waals surface area contributed by atoms with Gasteiger partial charge in [-0.1, -0.05) is 21.9 Å². The number of fused-ring (bicyclic) bond motifs is 1. The smallest absolute Gasteiger partial charge is 0.260 e. The number of carbonyl (C=O) groups excluding carboxylic acids is 2. The number of aromatic nitrogens is 2. The van der Waals surface area contributed by atoms with Crippen molar-refractivity contribution in [2.45, 2.75) is 45.3 Å². The van der Waals surface area contributed by atoms with E-state index < -0.39 is 0 Å². The summed E-state index contributed by atoms with van der Waals surface area (Å²) in [5, 5.41) is 8.26. The molecule has 0 spiro atoms. The van der Waals surface area contributed by atoms with Gasteiger partial charge in [-0.05, 0) is 44.0 Å². The van der Waals surface area contributed by atoms with E-state index in [0.29, 0.717) is 41.7 Å². The second-order valence-electron chi connectivity index (χ2n) is 7.23. The number of hydrogen-bond donors (Lipinski definition) is 0. The maximum Gasteiger partial charge on any atom is 0.260 e. The molecule has 28 heavy (non-hydrogen) atoms. The molecule has 3 heterocycles. The Hall–Kier alpha value is -2.61. The molecule has 0 radical (unpaired) electrons. The molecule has 2 aliphatic rings. The standard InChI is InChI=1S/C19H21ClN4O4/c1-11-7-13(20)3-4-17(11)27-10-19(26)23-6-5-15-16(23)8-18(25)24(15)9-14-12(2)21-28-22-14/h3-4,7,15-16H,5-6,8-10H2,1-2H3/t15-,16-/m0/s1. The second-order valence-corrected chi connectivity index (χ2v) is 7.67. The van der Waals surface area contributed by atoms with Crippen molar-refractivity contribution in [2.75, 3.05) is 13.2 Å². The van der Waals surface area contributed by atoms with E-state index in [1.807, 2.05) is 6.92 Å². The van der Waals surface area contributed by atoms with Gasteiger partial charge in [0.2, 0.25) is 5.91 Å². The van der Waals surface area contributed by atoms with Gasteiger partial charge in [0.1, 0.15) is 17.1 Å². The fourth-order valence-corrected chi connectivity index (χ4v) is 4.22. The molecule has 0 N–H and O–H groups in total. The monoisotopic (exact) mass is 404 g/mol. The Bertz CT molecular complexity index is 915. The van der Waals surface area contributed by atoms with Crippen LogP contribution in [-0.4, -0.2) is 57.2 Å². The van der Waals surface area contributed by atoms with Crippen molar-refractivity contribution in [2.24, 2.45) is 0 Å². The Morgan fingerprint density at radius 1 is 1.32 bits per heavy atom. The lowest BCUT2D eigenvalue weighted by Gasteiger charge is -2.25. The summed E-state index contributed by atoms with van der Waals surface area (Å²) >= 11 is 5.95. The normalized spacial score (nSPS) is 21.3. The third kappa shape index (κ3) is 3.44. The summed E-state index contributed by atoms with van der Waals surface area (Å²) in [5.74, 6) is 0.534.